The van der Waals surface area contributed by atoms with Crippen LogP contribution in [-0.2, 0) is 0 Å². The highest BCUT2D eigenvalue weighted by Gasteiger charge is 2.33. The first-order chi connectivity index (χ1) is 7.39. The molecule has 0 aromatic carbocycles. The molecule has 0 amide bonds. The van der Waals surface area contributed by atoms with Crippen molar-refractivity contribution in [1.29, 1.82) is 5.26 Å². The molecule has 1 heterocycles. The quantitative estimate of drug-likeness (QED) is 0.773. The minimum Gasteiger partial charge on any atom is -0.397 e. The normalized spacial score (nSPS) is 10.6. The number of aldehydes is 1. The summed E-state index contributed by atoms with van der Waals surface area (Å²) in [5, 5.41) is 8.51. The molecular formula is C8H4F3N3O2. The van der Waals surface area contributed by atoms with Crippen molar-refractivity contribution >= 4 is 12.0 Å². The highest BCUT2D eigenvalue weighted by Crippen LogP contribution is 2.28. The van der Waals surface area contributed by atoms with Crippen molar-refractivity contribution in [1.82, 2.24) is 4.98 Å². The maximum atomic E-state index is 11.9. The number of hydrogen-bond donors (Lipinski definition) is 1. The van der Waals surface area contributed by atoms with Gasteiger partial charge in [0.2, 0.25) is 5.88 Å². The largest absolute Gasteiger partial charge is 0.574 e. The number of anilines is 1. The molecule has 0 aliphatic carbocycles. The molecule has 0 aliphatic rings. The number of rotatable bonds is 2. The summed E-state index contributed by atoms with van der Waals surface area (Å²) in [5.74, 6) is -0.973. The maximum absolute atomic E-state index is 11.9. The average Bonchev–Trinajstić information content (AvgIpc) is 2.16. The van der Waals surface area contributed by atoms with Gasteiger partial charge < -0.3 is 10.5 Å². The SMILES string of the molecule is N#Cc1cnc(OC(F)(F)F)c(C=O)c1N. The van der Waals surface area contributed by atoms with Crippen LogP contribution < -0.4 is 10.5 Å². The Morgan fingerprint density at radius 1 is 1.56 bits per heavy atom. The fourth-order valence-electron chi connectivity index (χ4n) is 0.916. The van der Waals surface area contributed by atoms with Gasteiger partial charge in [0.25, 0.3) is 0 Å². The van der Waals surface area contributed by atoms with E-state index in [1.54, 1.807) is 6.07 Å². The molecule has 2 N–H and O–H groups in total. The van der Waals surface area contributed by atoms with Crippen molar-refractivity contribution in [3.63, 3.8) is 0 Å². The van der Waals surface area contributed by atoms with Crippen LogP contribution in [0.5, 0.6) is 5.88 Å². The number of aromatic nitrogens is 1. The molecule has 1 aromatic rings. The third-order valence-corrected chi connectivity index (χ3v) is 1.57. The molecule has 0 spiro atoms. The van der Waals surface area contributed by atoms with Crippen molar-refractivity contribution in [2.24, 2.45) is 0 Å². The van der Waals surface area contributed by atoms with Gasteiger partial charge in [-0.15, -0.1) is 13.2 Å². The van der Waals surface area contributed by atoms with Gasteiger partial charge in [-0.05, 0) is 0 Å². The molecule has 0 saturated heterocycles. The number of ether oxygens (including phenoxy) is 1. The summed E-state index contributed by atoms with van der Waals surface area (Å²) in [4.78, 5) is 13.7. The van der Waals surface area contributed by atoms with Gasteiger partial charge in [0, 0.05) is 0 Å². The van der Waals surface area contributed by atoms with Crippen molar-refractivity contribution in [2.75, 3.05) is 5.73 Å². The van der Waals surface area contributed by atoms with Crippen LogP contribution in [0.4, 0.5) is 18.9 Å². The molecule has 0 aliphatic heterocycles. The highest BCUT2D eigenvalue weighted by atomic mass is 19.4. The van der Waals surface area contributed by atoms with Gasteiger partial charge in [0.15, 0.2) is 6.29 Å². The Bertz CT molecular complexity index is 465. The summed E-state index contributed by atoms with van der Waals surface area (Å²) >= 11 is 0. The van der Waals surface area contributed by atoms with Crippen molar-refractivity contribution in [3.8, 4) is 11.9 Å². The summed E-state index contributed by atoms with van der Waals surface area (Å²) in [6, 6.07) is 1.58. The number of carbonyl (C=O) groups excluding carboxylic acids is 1. The Labute approximate surface area is 87.3 Å². The molecule has 1 aromatic heterocycles. The number of halogens is 3. The summed E-state index contributed by atoms with van der Waals surface area (Å²) in [7, 11) is 0. The van der Waals surface area contributed by atoms with Crippen LogP contribution in [0, 0.1) is 11.3 Å². The minimum atomic E-state index is -4.98. The molecular weight excluding hydrogens is 227 g/mol. The first-order valence-corrected chi connectivity index (χ1v) is 3.78. The lowest BCUT2D eigenvalue weighted by molar-refractivity contribution is -0.276. The zero-order valence-electron chi connectivity index (χ0n) is 7.58. The molecule has 8 heteroatoms. The molecule has 0 bridgehead atoms. The number of nitrogens with zero attached hydrogens (tertiary/aromatic N) is 2. The van der Waals surface area contributed by atoms with Gasteiger partial charge in [0.1, 0.15) is 11.6 Å². The number of hydrogen-bond acceptors (Lipinski definition) is 5. The van der Waals surface area contributed by atoms with Gasteiger partial charge in [-0.3, -0.25) is 4.79 Å². The van der Waals surface area contributed by atoms with Gasteiger partial charge in [0.05, 0.1) is 17.4 Å². The standard InChI is InChI=1S/C8H4F3N3O2/c9-8(10,11)16-7-5(3-15)6(13)4(1-12)2-14-7/h2-3H,(H2,13,14). The zero-order chi connectivity index (χ0) is 12.3. The highest BCUT2D eigenvalue weighted by molar-refractivity contribution is 5.88. The topological polar surface area (TPSA) is 89.0 Å². The monoisotopic (exact) mass is 231 g/mol. The molecule has 1 rings (SSSR count). The lowest BCUT2D eigenvalue weighted by Gasteiger charge is -2.10. The van der Waals surface area contributed by atoms with Gasteiger partial charge >= 0.3 is 6.36 Å². The van der Waals surface area contributed by atoms with E-state index < -0.39 is 23.5 Å². The molecule has 0 atom stereocenters. The lowest BCUT2D eigenvalue weighted by atomic mass is 10.1. The van der Waals surface area contributed by atoms with Crippen LogP contribution in [0.3, 0.4) is 0 Å². The predicted octanol–water partition coefficient (Wildman–Crippen LogP) is 1.25. The van der Waals surface area contributed by atoms with Crippen molar-refractivity contribution in [3.05, 3.63) is 17.3 Å². The molecule has 84 valence electrons. The number of nitrogen functional groups attached to an aromatic ring is 1. The summed E-state index contributed by atoms with van der Waals surface area (Å²) in [6.45, 7) is 0. The van der Waals surface area contributed by atoms with E-state index in [0.717, 1.165) is 6.20 Å². The number of carbonyl (C=O) groups is 1. The third kappa shape index (κ3) is 2.38. The second-order valence-electron chi connectivity index (χ2n) is 2.58. The summed E-state index contributed by atoms with van der Waals surface area (Å²) in [6.07, 6.45) is -4.14. The number of nitriles is 1. The summed E-state index contributed by atoms with van der Waals surface area (Å²) < 4.78 is 39.1. The minimum absolute atomic E-state index is 0.0459. The fraction of sp³-hybridized carbons (Fsp3) is 0.125. The zero-order valence-corrected chi connectivity index (χ0v) is 7.58. The van der Waals surface area contributed by atoms with Gasteiger partial charge in [-0.25, -0.2) is 4.98 Å². The Kier molecular flexibility index (Phi) is 2.99. The van der Waals surface area contributed by atoms with Gasteiger partial charge in [-0.1, -0.05) is 0 Å². The van der Waals surface area contributed by atoms with Crippen LogP contribution in [0.2, 0.25) is 0 Å². The Morgan fingerprint density at radius 3 is 2.62 bits per heavy atom. The predicted molar refractivity (Wildman–Crippen MR) is 45.4 cm³/mol. The maximum Gasteiger partial charge on any atom is 0.574 e. The molecule has 0 saturated carbocycles. The number of nitrogens with two attached hydrogens (primary N) is 1. The van der Waals surface area contributed by atoms with E-state index in [2.05, 4.69) is 9.72 Å². The number of pyridine rings is 1. The van der Waals surface area contributed by atoms with Crippen molar-refractivity contribution in [2.45, 2.75) is 6.36 Å². The second kappa shape index (κ2) is 4.06. The van der Waals surface area contributed by atoms with Crippen LogP contribution in [0.25, 0.3) is 0 Å². The fourth-order valence-corrected chi connectivity index (χ4v) is 0.916. The van der Waals surface area contributed by atoms with E-state index in [-0.39, 0.29) is 11.8 Å². The lowest BCUT2D eigenvalue weighted by Crippen LogP contribution is -2.19. The molecule has 0 unspecified atom stereocenters. The molecule has 5 nitrogen and oxygen atoms in total. The van der Waals surface area contributed by atoms with Crippen LogP contribution in [0.15, 0.2) is 6.20 Å². The number of alkyl halides is 3. The van der Waals surface area contributed by atoms with Crippen molar-refractivity contribution < 1.29 is 22.7 Å². The average molecular weight is 231 g/mol. The van der Waals surface area contributed by atoms with E-state index in [1.807, 2.05) is 0 Å². The van der Waals surface area contributed by atoms with Crippen LogP contribution in [0.1, 0.15) is 15.9 Å². The Morgan fingerprint density at radius 2 is 2.19 bits per heavy atom. The Balaban J connectivity index is 3.28. The van der Waals surface area contributed by atoms with E-state index in [1.165, 1.54) is 0 Å². The van der Waals surface area contributed by atoms with E-state index >= 15 is 0 Å². The Hall–Kier alpha value is -2.30. The molecule has 0 radical (unpaired) electrons. The smallest absolute Gasteiger partial charge is 0.397 e. The van der Waals surface area contributed by atoms with Gasteiger partial charge in [-0.2, -0.15) is 5.26 Å². The first kappa shape index (κ1) is 11.8. The molecule has 16 heavy (non-hydrogen) atoms. The van der Waals surface area contributed by atoms with Crippen LogP contribution in [-0.4, -0.2) is 17.6 Å². The second-order valence-corrected chi connectivity index (χ2v) is 2.58. The first-order valence-electron chi connectivity index (χ1n) is 3.78. The van der Waals surface area contributed by atoms with Crippen LogP contribution >= 0.6 is 0 Å². The van der Waals surface area contributed by atoms with E-state index in [4.69, 9.17) is 11.0 Å². The van der Waals surface area contributed by atoms with E-state index in [9.17, 15) is 18.0 Å². The third-order valence-electron chi connectivity index (χ3n) is 1.57. The van der Waals surface area contributed by atoms with E-state index in [0.29, 0.717) is 0 Å². The molecule has 0 fully saturated rings. The summed E-state index contributed by atoms with van der Waals surface area (Å²) in [5.41, 5.74) is 4.09.